The molecule has 0 spiro atoms. The van der Waals surface area contributed by atoms with Crippen molar-refractivity contribution in [3.05, 3.63) is 74.5 Å². The molecule has 1 fully saturated rings. The molecule has 0 unspecified atom stereocenters. The zero-order valence-corrected chi connectivity index (χ0v) is 20.7. The normalized spacial score (nSPS) is 14.8. The third-order valence-corrected chi connectivity index (χ3v) is 6.81. The highest BCUT2D eigenvalue weighted by molar-refractivity contribution is 8.26. The van der Waals surface area contributed by atoms with Gasteiger partial charge in [-0.2, -0.15) is 4.98 Å². The zero-order valence-electron chi connectivity index (χ0n) is 18.3. The summed E-state index contributed by atoms with van der Waals surface area (Å²) in [7, 11) is 0. The van der Waals surface area contributed by atoms with E-state index in [2.05, 4.69) is 4.98 Å². The van der Waals surface area contributed by atoms with E-state index in [0.29, 0.717) is 46.5 Å². The van der Waals surface area contributed by atoms with Crippen molar-refractivity contribution in [3.8, 4) is 11.6 Å². The van der Waals surface area contributed by atoms with Gasteiger partial charge in [0.25, 0.3) is 11.5 Å². The Morgan fingerprint density at radius 1 is 1.14 bits per heavy atom. The van der Waals surface area contributed by atoms with Crippen LogP contribution in [0.2, 0.25) is 5.02 Å². The quantitative estimate of drug-likeness (QED) is 0.235. The fourth-order valence-corrected chi connectivity index (χ4v) is 4.86. The molecule has 1 aliphatic rings. The number of thiocarbonyl (C=S) groups is 1. The number of thioether (sulfide) groups is 1. The average Bonchev–Trinajstić information content (AvgIpc) is 3.10. The number of nitrogens with zero attached hydrogens (tertiary/aromatic N) is 3. The van der Waals surface area contributed by atoms with E-state index in [-0.39, 0.29) is 28.7 Å². The van der Waals surface area contributed by atoms with Gasteiger partial charge < -0.3 is 9.84 Å². The van der Waals surface area contributed by atoms with Crippen molar-refractivity contribution in [2.24, 2.45) is 0 Å². The number of carboxylic acids is 1. The van der Waals surface area contributed by atoms with Gasteiger partial charge in [0.2, 0.25) is 5.88 Å². The largest absolute Gasteiger partial charge is 0.481 e. The third-order valence-electron chi connectivity index (χ3n) is 5.18. The number of carboxylic acid groups (broad SMARTS) is 1. The average molecular weight is 530 g/mol. The lowest BCUT2D eigenvalue weighted by atomic mass is 10.2. The Balaban J connectivity index is 1.63. The minimum absolute atomic E-state index is 0.0578. The summed E-state index contributed by atoms with van der Waals surface area (Å²) < 4.78 is 7.68. The van der Waals surface area contributed by atoms with Gasteiger partial charge in [-0.25, -0.2) is 0 Å². The molecule has 3 aromatic rings. The number of pyridine rings is 1. The first-order chi connectivity index (χ1) is 16.8. The number of hydrogen-bond acceptors (Lipinski definition) is 7. The SMILES string of the molecule is O=C(O)CCCCCN1C(=O)/C(=C/c2c(Oc3ccc(Cl)cc3)nc3ccccn3c2=O)SC1=S. The van der Waals surface area contributed by atoms with Gasteiger partial charge in [-0.05, 0) is 55.3 Å². The van der Waals surface area contributed by atoms with Crippen molar-refractivity contribution in [1.29, 1.82) is 0 Å². The summed E-state index contributed by atoms with van der Waals surface area (Å²) in [6, 6.07) is 11.8. The van der Waals surface area contributed by atoms with E-state index in [0.717, 1.165) is 11.8 Å². The Labute approximate surface area is 215 Å². The third kappa shape index (κ3) is 5.90. The molecule has 0 radical (unpaired) electrons. The van der Waals surface area contributed by atoms with Crippen LogP contribution in [0, 0.1) is 0 Å². The highest BCUT2D eigenvalue weighted by Crippen LogP contribution is 2.34. The maximum absolute atomic E-state index is 13.3. The molecular formula is C24H20ClN3O5S2. The van der Waals surface area contributed by atoms with E-state index in [9.17, 15) is 14.4 Å². The van der Waals surface area contributed by atoms with E-state index in [1.54, 1.807) is 48.7 Å². The van der Waals surface area contributed by atoms with E-state index in [4.69, 9.17) is 33.7 Å². The lowest BCUT2D eigenvalue weighted by molar-refractivity contribution is -0.137. The smallest absolute Gasteiger partial charge is 0.303 e. The van der Waals surface area contributed by atoms with Gasteiger partial charge in [-0.3, -0.25) is 23.7 Å². The Hall–Kier alpha value is -3.21. The van der Waals surface area contributed by atoms with Crippen molar-refractivity contribution in [3.63, 3.8) is 0 Å². The Morgan fingerprint density at radius 3 is 2.66 bits per heavy atom. The molecule has 2 aromatic heterocycles. The van der Waals surface area contributed by atoms with Crippen molar-refractivity contribution in [2.45, 2.75) is 25.7 Å². The van der Waals surface area contributed by atoms with Crippen molar-refractivity contribution >= 4 is 63.5 Å². The number of halogens is 1. The molecular weight excluding hydrogens is 510 g/mol. The number of carbonyl (C=O) groups is 2. The van der Waals surface area contributed by atoms with Crippen molar-refractivity contribution in [1.82, 2.24) is 14.3 Å². The molecule has 1 saturated heterocycles. The van der Waals surface area contributed by atoms with Crippen LogP contribution in [0.4, 0.5) is 0 Å². The summed E-state index contributed by atoms with van der Waals surface area (Å²) in [6.45, 7) is 0.380. The van der Waals surface area contributed by atoms with Gasteiger partial charge >= 0.3 is 5.97 Å². The number of benzene rings is 1. The summed E-state index contributed by atoms with van der Waals surface area (Å²) >= 11 is 12.4. The molecule has 1 aromatic carbocycles. The van der Waals surface area contributed by atoms with Crippen LogP contribution in [0.25, 0.3) is 11.7 Å². The molecule has 8 nitrogen and oxygen atoms in total. The number of hydrogen-bond donors (Lipinski definition) is 1. The fourth-order valence-electron chi connectivity index (χ4n) is 3.44. The van der Waals surface area contributed by atoms with Gasteiger partial charge in [0.15, 0.2) is 0 Å². The Kier molecular flexibility index (Phi) is 7.84. The number of amides is 1. The molecule has 1 aliphatic heterocycles. The number of aromatic nitrogens is 2. The summed E-state index contributed by atoms with van der Waals surface area (Å²) in [5, 5.41) is 9.29. The van der Waals surface area contributed by atoms with Crippen LogP contribution >= 0.6 is 35.6 Å². The van der Waals surface area contributed by atoms with E-state index >= 15 is 0 Å². The number of ether oxygens (including phenoxy) is 1. The van der Waals surface area contributed by atoms with Crippen LogP contribution < -0.4 is 10.3 Å². The van der Waals surface area contributed by atoms with E-state index < -0.39 is 11.5 Å². The molecule has 0 aliphatic carbocycles. The predicted octanol–water partition coefficient (Wildman–Crippen LogP) is 4.99. The van der Waals surface area contributed by atoms with E-state index in [1.165, 1.54) is 15.4 Å². The Morgan fingerprint density at radius 2 is 1.91 bits per heavy atom. The molecule has 0 saturated carbocycles. The first-order valence-electron chi connectivity index (χ1n) is 10.8. The van der Waals surface area contributed by atoms with Crippen LogP contribution in [0.15, 0.2) is 58.4 Å². The van der Waals surface area contributed by atoms with Crippen LogP contribution in [-0.2, 0) is 9.59 Å². The van der Waals surface area contributed by atoms with Crippen LogP contribution in [0.3, 0.4) is 0 Å². The number of carbonyl (C=O) groups excluding carboxylic acids is 1. The summed E-state index contributed by atoms with van der Waals surface area (Å²) in [4.78, 5) is 43.3. The maximum Gasteiger partial charge on any atom is 0.303 e. The zero-order chi connectivity index (χ0) is 24.9. The monoisotopic (exact) mass is 529 g/mol. The highest BCUT2D eigenvalue weighted by atomic mass is 35.5. The van der Waals surface area contributed by atoms with Crippen LogP contribution in [-0.4, -0.2) is 42.1 Å². The summed E-state index contributed by atoms with van der Waals surface area (Å²) in [5.41, 5.74) is 0.122. The number of aliphatic carboxylic acids is 1. The number of fused-ring (bicyclic) bond motifs is 1. The molecule has 0 atom stereocenters. The van der Waals surface area contributed by atoms with Gasteiger partial charge in [0.05, 0.1) is 4.91 Å². The molecule has 11 heteroatoms. The standard InChI is InChI=1S/C24H20ClN3O5S2/c25-15-8-10-16(11-9-15)33-21-17(22(31)27-12-5-3-6-19(27)26-21)14-18-23(32)28(24(34)35-18)13-4-1-2-7-20(29)30/h3,5-6,8-12,14H,1-2,4,7,13H2,(H,29,30)/b18-14-. The number of unbranched alkanes of at least 4 members (excludes halogenated alkanes) is 2. The molecule has 3 heterocycles. The molecule has 180 valence electrons. The second kappa shape index (κ2) is 11.0. The molecule has 0 bridgehead atoms. The van der Waals surface area contributed by atoms with Crippen LogP contribution in [0.1, 0.15) is 31.2 Å². The van der Waals surface area contributed by atoms with Crippen molar-refractivity contribution in [2.75, 3.05) is 6.54 Å². The topological polar surface area (TPSA) is 101 Å². The fraction of sp³-hybridized carbons (Fsp3) is 0.208. The van der Waals surface area contributed by atoms with E-state index in [1.807, 2.05) is 0 Å². The number of rotatable bonds is 9. The van der Waals surface area contributed by atoms with Gasteiger partial charge in [0, 0.05) is 24.2 Å². The van der Waals surface area contributed by atoms with Gasteiger partial charge in [-0.15, -0.1) is 0 Å². The lowest BCUT2D eigenvalue weighted by Crippen LogP contribution is -2.29. The second-order valence-corrected chi connectivity index (χ2v) is 9.77. The first-order valence-corrected chi connectivity index (χ1v) is 12.4. The predicted molar refractivity (Wildman–Crippen MR) is 139 cm³/mol. The maximum atomic E-state index is 13.3. The minimum Gasteiger partial charge on any atom is -0.481 e. The molecule has 4 rings (SSSR count). The summed E-state index contributed by atoms with van der Waals surface area (Å²) in [5.74, 6) is -0.661. The molecule has 35 heavy (non-hydrogen) atoms. The summed E-state index contributed by atoms with van der Waals surface area (Å²) in [6.07, 6.45) is 4.97. The Bertz CT molecular complexity index is 1390. The lowest BCUT2D eigenvalue weighted by Gasteiger charge is -2.14. The minimum atomic E-state index is -0.842. The first kappa shape index (κ1) is 24.9. The van der Waals surface area contributed by atoms with Crippen molar-refractivity contribution < 1.29 is 19.4 Å². The van der Waals surface area contributed by atoms with Crippen LogP contribution in [0.5, 0.6) is 11.6 Å². The second-order valence-electron chi connectivity index (χ2n) is 7.66. The molecule has 1 N–H and O–H groups in total. The van der Waals surface area contributed by atoms with Gasteiger partial charge in [0.1, 0.15) is 21.3 Å². The highest BCUT2D eigenvalue weighted by Gasteiger charge is 2.32. The molecule has 1 amide bonds. The van der Waals surface area contributed by atoms with Gasteiger partial charge in [-0.1, -0.05) is 48.1 Å².